The predicted molar refractivity (Wildman–Crippen MR) is 88.5 cm³/mol. The van der Waals surface area contributed by atoms with Gasteiger partial charge in [0.05, 0.1) is 29.3 Å². The second-order valence-electron chi connectivity index (χ2n) is 4.79. The number of aromatic nitrogens is 2. The van der Waals surface area contributed by atoms with Crippen LogP contribution in [-0.2, 0) is 11.3 Å². The quantitative estimate of drug-likeness (QED) is 0.582. The van der Waals surface area contributed by atoms with Crippen molar-refractivity contribution < 1.29 is 4.79 Å². The van der Waals surface area contributed by atoms with Gasteiger partial charge in [0, 0.05) is 20.1 Å². The minimum atomic E-state index is -0.00235. The molecule has 0 spiro atoms. The van der Waals surface area contributed by atoms with Gasteiger partial charge in [0.15, 0.2) is 5.16 Å². The van der Waals surface area contributed by atoms with Crippen molar-refractivity contribution in [2.45, 2.75) is 18.1 Å². The van der Waals surface area contributed by atoms with E-state index in [4.69, 9.17) is 5.26 Å². The lowest BCUT2D eigenvalue weighted by atomic mass is 10.3. The average molecular weight is 314 g/mol. The van der Waals surface area contributed by atoms with Crippen LogP contribution < -0.4 is 0 Å². The summed E-state index contributed by atoms with van der Waals surface area (Å²) >= 11 is 1.41. The number of carbonyl (C=O) groups excluding carboxylic acids is 1. The molecule has 0 aliphatic heterocycles. The van der Waals surface area contributed by atoms with Crippen LogP contribution >= 0.6 is 11.8 Å². The van der Waals surface area contributed by atoms with Gasteiger partial charge in [-0.25, -0.2) is 4.98 Å². The highest BCUT2D eigenvalue weighted by Gasteiger charge is 2.14. The molecular formula is C16H18N4OS. The number of allylic oxidation sites excluding steroid dienone is 1. The smallest absolute Gasteiger partial charge is 0.232 e. The van der Waals surface area contributed by atoms with Crippen molar-refractivity contribution in [1.82, 2.24) is 14.5 Å². The maximum atomic E-state index is 12.0. The van der Waals surface area contributed by atoms with Crippen molar-refractivity contribution in [2.24, 2.45) is 0 Å². The lowest BCUT2D eigenvalue weighted by Crippen LogP contribution is -2.29. The molecule has 1 amide bonds. The maximum absolute atomic E-state index is 12.0. The van der Waals surface area contributed by atoms with Crippen molar-refractivity contribution in [3.63, 3.8) is 0 Å². The van der Waals surface area contributed by atoms with E-state index >= 15 is 0 Å². The summed E-state index contributed by atoms with van der Waals surface area (Å²) in [5.41, 5.74) is 1.95. The molecule has 6 heteroatoms. The topological polar surface area (TPSA) is 61.9 Å². The van der Waals surface area contributed by atoms with Crippen LogP contribution in [0.25, 0.3) is 11.0 Å². The summed E-state index contributed by atoms with van der Waals surface area (Å²) in [5.74, 6) is 0.306. The van der Waals surface area contributed by atoms with Crippen molar-refractivity contribution in [1.29, 1.82) is 5.26 Å². The van der Waals surface area contributed by atoms with Gasteiger partial charge in [0.1, 0.15) is 0 Å². The van der Waals surface area contributed by atoms with Gasteiger partial charge < -0.3 is 9.47 Å². The Morgan fingerprint density at radius 2 is 2.32 bits per heavy atom. The Morgan fingerprint density at radius 1 is 1.55 bits per heavy atom. The fraction of sp³-hybridized carbons (Fsp3) is 0.312. The molecule has 114 valence electrons. The van der Waals surface area contributed by atoms with Crippen LogP contribution in [0.5, 0.6) is 0 Å². The van der Waals surface area contributed by atoms with Crippen LogP contribution in [0.15, 0.2) is 42.1 Å². The van der Waals surface area contributed by atoms with Gasteiger partial charge in [0.2, 0.25) is 5.91 Å². The number of fused-ring (bicyclic) bond motifs is 1. The second-order valence-corrected chi connectivity index (χ2v) is 5.74. The van der Waals surface area contributed by atoms with Crippen LogP contribution in [0.3, 0.4) is 0 Å². The molecule has 1 aromatic carbocycles. The first-order valence-corrected chi connectivity index (χ1v) is 7.95. The monoisotopic (exact) mass is 314 g/mol. The molecule has 0 unspecified atom stereocenters. The first kappa shape index (κ1) is 16.1. The predicted octanol–water partition coefficient (Wildman–Crippen LogP) is 2.69. The summed E-state index contributed by atoms with van der Waals surface area (Å²) < 4.78 is 2.05. The standard InChI is InChI=1S/C16H18N4OS/c1-3-10-20-14-8-5-4-7-13(14)18-16(20)22-12-15(21)19(2)11-6-9-17/h3-5,7-8H,1,6,10-12H2,2H3. The van der Waals surface area contributed by atoms with E-state index in [1.807, 2.05) is 36.4 Å². The first-order valence-electron chi connectivity index (χ1n) is 6.97. The zero-order chi connectivity index (χ0) is 15.9. The molecule has 2 rings (SSSR count). The minimum absolute atomic E-state index is 0.00235. The Bertz CT molecular complexity index is 716. The number of para-hydroxylation sites is 2. The van der Waals surface area contributed by atoms with Crippen LogP contribution in [0, 0.1) is 11.3 Å². The summed E-state index contributed by atoms with van der Waals surface area (Å²) in [4.78, 5) is 18.2. The number of imidazole rings is 1. The number of carbonyl (C=O) groups is 1. The molecule has 22 heavy (non-hydrogen) atoms. The number of benzene rings is 1. The Labute approximate surface area is 134 Å². The summed E-state index contributed by atoms with van der Waals surface area (Å²) in [6.45, 7) is 4.89. The van der Waals surface area contributed by atoms with E-state index in [0.29, 0.717) is 25.3 Å². The molecule has 0 saturated heterocycles. The van der Waals surface area contributed by atoms with Gasteiger partial charge in [-0.3, -0.25) is 4.79 Å². The number of amides is 1. The van der Waals surface area contributed by atoms with E-state index in [-0.39, 0.29) is 5.91 Å². The Hall–Kier alpha value is -2.26. The minimum Gasteiger partial charge on any atom is -0.344 e. The number of thioether (sulfide) groups is 1. The highest BCUT2D eigenvalue weighted by atomic mass is 32.2. The molecule has 2 aromatic rings. The third-order valence-electron chi connectivity index (χ3n) is 3.24. The zero-order valence-corrected chi connectivity index (χ0v) is 13.3. The molecule has 0 aliphatic rings. The van der Waals surface area contributed by atoms with E-state index in [1.165, 1.54) is 11.8 Å². The first-order chi connectivity index (χ1) is 10.7. The number of hydrogen-bond acceptors (Lipinski definition) is 4. The number of nitriles is 1. The third-order valence-corrected chi connectivity index (χ3v) is 4.20. The van der Waals surface area contributed by atoms with Crippen molar-refractivity contribution in [3.8, 4) is 6.07 Å². The number of hydrogen-bond donors (Lipinski definition) is 0. The summed E-state index contributed by atoms with van der Waals surface area (Å²) in [6, 6.07) is 9.93. The highest BCUT2D eigenvalue weighted by molar-refractivity contribution is 7.99. The Morgan fingerprint density at radius 3 is 3.05 bits per heavy atom. The van der Waals surface area contributed by atoms with Gasteiger partial charge in [-0.15, -0.1) is 6.58 Å². The van der Waals surface area contributed by atoms with Crippen LogP contribution in [-0.4, -0.2) is 39.7 Å². The van der Waals surface area contributed by atoms with Crippen molar-refractivity contribution in [3.05, 3.63) is 36.9 Å². The molecule has 5 nitrogen and oxygen atoms in total. The largest absolute Gasteiger partial charge is 0.344 e. The van der Waals surface area contributed by atoms with Crippen LogP contribution in [0.1, 0.15) is 6.42 Å². The van der Waals surface area contributed by atoms with Gasteiger partial charge in [-0.2, -0.15) is 5.26 Å². The van der Waals surface area contributed by atoms with Crippen LogP contribution in [0.2, 0.25) is 0 Å². The van der Waals surface area contributed by atoms with Gasteiger partial charge in [-0.1, -0.05) is 30.0 Å². The van der Waals surface area contributed by atoms with Crippen molar-refractivity contribution in [2.75, 3.05) is 19.3 Å². The maximum Gasteiger partial charge on any atom is 0.232 e. The summed E-state index contributed by atoms with van der Waals surface area (Å²) in [6.07, 6.45) is 2.17. The molecule has 0 fully saturated rings. The van der Waals surface area contributed by atoms with Gasteiger partial charge in [0.25, 0.3) is 0 Å². The molecule has 0 bridgehead atoms. The lowest BCUT2D eigenvalue weighted by molar-refractivity contribution is -0.127. The molecule has 0 radical (unpaired) electrons. The highest BCUT2D eigenvalue weighted by Crippen LogP contribution is 2.24. The molecule has 0 aliphatic carbocycles. The van der Waals surface area contributed by atoms with Crippen molar-refractivity contribution >= 4 is 28.7 Å². The molecule has 0 atom stereocenters. The fourth-order valence-corrected chi connectivity index (χ4v) is 3.01. The summed E-state index contributed by atoms with van der Waals surface area (Å²) in [5, 5.41) is 9.37. The van der Waals surface area contributed by atoms with E-state index in [0.717, 1.165) is 16.2 Å². The molecule has 0 saturated carbocycles. The Balaban J connectivity index is 2.11. The fourth-order valence-electron chi connectivity index (χ4n) is 2.05. The normalized spacial score (nSPS) is 10.4. The van der Waals surface area contributed by atoms with Crippen LogP contribution in [0.4, 0.5) is 0 Å². The zero-order valence-electron chi connectivity index (χ0n) is 12.5. The SMILES string of the molecule is C=CCn1c(SCC(=O)N(C)CCC#N)nc2ccccc21. The van der Waals surface area contributed by atoms with Gasteiger partial charge >= 0.3 is 0 Å². The average Bonchev–Trinajstić information content (AvgIpc) is 2.88. The van der Waals surface area contributed by atoms with E-state index in [2.05, 4.69) is 16.1 Å². The summed E-state index contributed by atoms with van der Waals surface area (Å²) in [7, 11) is 1.72. The van der Waals surface area contributed by atoms with E-state index in [9.17, 15) is 4.79 Å². The molecular weight excluding hydrogens is 296 g/mol. The Kier molecular flexibility index (Phi) is 5.61. The van der Waals surface area contributed by atoms with E-state index < -0.39 is 0 Å². The number of rotatable bonds is 7. The van der Waals surface area contributed by atoms with E-state index in [1.54, 1.807) is 11.9 Å². The second kappa shape index (κ2) is 7.66. The molecule has 1 heterocycles. The lowest BCUT2D eigenvalue weighted by Gasteiger charge is -2.15. The molecule has 1 aromatic heterocycles. The van der Waals surface area contributed by atoms with Gasteiger partial charge in [-0.05, 0) is 12.1 Å². The third kappa shape index (κ3) is 3.68. The molecule has 0 N–H and O–H groups in total. The number of nitrogens with zero attached hydrogens (tertiary/aromatic N) is 4.